The van der Waals surface area contributed by atoms with Gasteiger partial charge in [0.15, 0.2) is 0 Å². The highest BCUT2D eigenvalue weighted by molar-refractivity contribution is 6.29. The van der Waals surface area contributed by atoms with Gasteiger partial charge in [0.05, 0.1) is 0 Å². The number of rotatable bonds is 4. The van der Waals surface area contributed by atoms with E-state index in [0.717, 1.165) is 12.8 Å². The summed E-state index contributed by atoms with van der Waals surface area (Å²) in [6.07, 6.45) is 2.08. The largest absolute Gasteiger partial charge is 0.439 e. The molecule has 1 aromatic carbocycles. The molecule has 6 nitrogen and oxygen atoms in total. The number of nitrogens with zero attached hydrogens (tertiary/aromatic N) is 2. The van der Waals surface area contributed by atoms with Gasteiger partial charge in [-0.05, 0) is 31.0 Å². The van der Waals surface area contributed by atoms with Crippen molar-refractivity contribution in [3.05, 3.63) is 41.0 Å². The van der Waals surface area contributed by atoms with Crippen molar-refractivity contribution in [2.24, 2.45) is 0 Å². The van der Waals surface area contributed by atoms with Crippen LogP contribution in [0, 0.1) is 0 Å². The molecule has 21 heavy (non-hydrogen) atoms. The van der Waals surface area contributed by atoms with Gasteiger partial charge in [0.2, 0.25) is 11.8 Å². The predicted molar refractivity (Wildman–Crippen MR) is 78.5 cm³/mol. The molecule has 0 aliphatic heterocycles. The summed E-state index contributed by atoms with van der Waals surface area (Å²) in [5, 5.41) is 3.11. The Bertz CT molecular complexity index is 668. The summed E-state index contributed by atoms with van der Waals surface area (Å²) in [5.41, 5.74) is 6.04. The number of carbonyl (C=O) groups is 1. The van der Waals surface area contributed by atoms with Gasteiger partial charge in [-0.25, -0.2) is 4.98 Å². The SMILES string of the molecule is Nc1nc(Cl)cc(Oc2cccc(C(=O)NC3CC3)c2)n1. The van der Waals surface area contributed by atoms with E-state index in [-0.39, 0.29) is 22.9 Å². The van der Waals surface area contributed by atoms with Crippen LogP contribution >= 0.6 is 11.6 Å². The van der Waals surface area contributed by atoms with Crippen molar-refractivity contribution in [1.82, 2.24) is 15.3 Å². The molecular formula is C14H13ClN4O2. The van der Waals surface area contributed by atoms with E-state index >= 15 is 0 Å². The summed E-state index contributed by atoms with van der Waals surface area (Å²) in [6.45, 7) is 0. The summed E-state index contributed by atoms with van der Waals surface area (Å²) in [5.74, 6) is 0.628. The Morgan fingerprint density at radius 3 is 2.86 bits per heavy atom. The van der Waals surface area contributed by atoms with Crippen LogP contribution in [0.4, 0.5) is 5.95 Å². The van der Waals surface area contributed by atoms with Gasteiger partial charge in [-0.3, -0.25) is 4.79 Å². The van der Waals surface area contributed by atoms with Crippen LogP contribution in [0.1, 0.15) is 23.2 Å². The number of carbonyl (C=O) groups excluding carboxylic acids is 1. The number of ether oxygens (including phenoxy) is 1. The smallest absolute Gasteiger partial charge is 0.251 e. The molecule has 0 saturated heterocycles. The molecule has 108 valence electrons. The Morgan fingerprint density at radius 2 is 2.14 bits per heavy atom. The zero-order chi connectivity index (χ0) is 14.8. The topological polar surface area (TPSA) is 90.1 Å². The zero-order valence-electron chi connectivity index (χ0n) is 11.0. The first kappa shape index (κ1) is 13.6. The van der Waals surface area contributed by atoms with Gasteiger partial charge < -0.3 is 15.8 Å². The first-order chi connectivity index (χ1) is 10.1. The van der Waals surface area contributed by atoms with Gasteiger partial charge in [0.1, 0.15) is 10.9 Å². The second-order valence-corrected chi connectivity index (χ2v) is 5.15. The lowest BCUT2D eigenvalue weighted by Crippen LogP contribution is -2.25. The molecular weight excluding hydrogens is 292 g/mol. The Balaban J connectivity index is 1.77. The number of aromatic nitrogens is 2. The lowest BCUT2D eigenvalue weighted by Gasteiger charge is -2.08. The fraction of sp³-hybridized carbons (Fsp3) is 0.214. The molecule has 0 radical (unpaired) electrons. The number of anilines is 1. The standard InChI is InChI=1S/C14H13ClN4O2/c15-11-7-12(19-14(16)18-11)21-10-3-1-2-8(6-10)13(20)17-9-4-5-9/h1-3,6-7,9H,4-5H2,(H,17,20)(H2,16,18,19). The van der Waals surface area contributed by atoms with E-state index in [1.54, 1.807) is 24.3 Å². The third-order valence-electron chi connectivity index (χ3n) is 2.92. The number of nitrogen functional groups attached to an aromatic ring is 1. The van der Waals surface area contributed by atoms with Crippen molar-refractivity contribution in [2.75, 3.05) is 5.73 Å². The minimum absolute atomic E-state index is 0.0279. The lowest BCUT2D eigenvalue weighted by atomic mass is 10.2. The quantitative estimate of drug-likeness (QED) is 0.846. The highest BCUT2D eigenvalue weighted by atomic mass is 35.5. The second kappa shape index (κ2) is 5.57. The Hall–Kier alpha value is -2.34. The maximum Gasteiger partial charge on any atom is 0.251 e. The first-order valence-corrected chi connectivity index (χ1v) is 6.87. The monoisotopic (exact) mass is 304 g/mol. The van der Waals surface area contributed by atoms with Gasteiger partial charge in [0, 0.05) is 17.7 Å². The normalized spacial score (nSPS) is 13.8. The molecule has 1 fully saturated rings. The molecule has 1 saturated carbocycles. The molecule has 7 heteroatoms. The Kier molecular flexibility index (Phi) is 3.62. The lowest BCUT2D eigenvalue weighted by molar-refractivity contribution is 0.0950. The van der Waals surface area contributed by atoms with E-state index in [4.69, 9.17) is 22.1 Å². The Morgan fingerprint density at radius 1 is 1.33 bits per heavy atom. The molecule has 3 N–H and O–H groups in total. The molecule has 1 aromatic heterocycles. The second-order valence-electron chi connectivity index (χ2n) is 4.76. The van der Waals surface area contributed by atoms with Crippen LogP contribution in [0.5, 0.6) is 11.6 Å². The van der Waals surface area contributed by atoms with Crippen molar-refractivity contribution >= 4 is 23.5 Å². The third kappa shape index (κ3) is 3.61. The van der Waals surface area contributed by atoms with Crippen LogP contribution < -0.4 is 15.8 Å². The minimum Gasteiger partial charge on any atom is -0.439 e. The highest BCUT2D eigenvalue weighted by Crippen LogP contribution is 2.24. The summed E-state index contributed by atoms with van der Waals surface area (Å²) < 4.78 is 5.56. The molecule has 0 bridgehead atoms. The summed E-state index contributed by atoms with van der Waals surface area (Å²) in [6, 6.07) is 8.59. The fourth-order valence-corrected chi connectivity index (χ4v) is 1.96. The minimum atomic E-state index is -0.108. The van der Waals surface area contributed by atoms with Gasteiger partial charge in [-0.15, -0.1) is 0 Å². The number of nitrogens with two attached hydrogens (primary N) is 1. The number of nitrogens with one attached hydrogen (secondary N) is 1. The number of benzene rings is 1. The van der Waals surface area contributed by atoms with Crippen LogP contribution in [-0.4, -0.2) is 21.9 Å². The molecule has 1 aliphatic rings. The van der Waals surface area contributed by atoms with Crippen LogP contribution in [0.15, 0.2) is 30.3 Å². The van der Waals surface area contributed by atoms with Crippen LogP contribution in [-0.2, 0) is 0 Å². The Labute approximate surface area is 126 Å². The van der Waals surface area contributed by atoms with E-state index in [9.17, 15) is 4.79 Å². The van der Waals surface area contributed by atoms with Gasteiger partial charge >= 0.3 is 0 Å². The molecule has 3 rings (SSSR count). The van der Waals surface area contributed by atoms with Gasteiger partial charge in [-0.1, -0.05) is 17.7 Å². The van der Waals surface area contributed by atoms with Gasteiger partial charge in [-0.2, -0.15) is 4.98 Å². The number of hydrogen-bond acceptors (Lipinski definition) is 5. The average molecular weight is 305 g/mol. The molecule has 2 aromatic rings. The molecule has 1 amide bonds. The van der Waals surface area contributed by atoms with Crippen LogP contribution in [0.3, 0.4) is 0 Å². The zero-order valence-corrected chi connectivity index (χ0v) is 11.8. The summed E-state index contributed by atoms with van der Waals surface area (Å²) >= 11 is 5.79. The van der Waals surface area contributed by atoms with E-state index in [0.29, 0.717) is 17.4 Å². The number of amides is 1. The highest BCUT2D eigenvalue weighted by Gasteiger charge is 2.23. The predicted octanol–water partition coefficient (Wildman–Crippen LogP) is 2.40. The molecule has 1 heterocycles. The van der Waals surface area contributed by atoms with Crippen molar-refractivity contribution in [1.29, 1.82) is 0 Å². The number of halogens is 1. The molecule has 0 spiro atoms. The summed E-state index contributed by atoms with van der Waals surface area (Å²) in [7, 11) is 0. The van der Waals surface area contributed by atoms with E-state index in [1.165, 1.54) is 6.07 Å². The van der Waals surface area contributed by atoms with Crippen molar-refractivity contribution in [3.63, 3.8) is 0 Å². The first-order valence-electron chi connectivity index (χ1n) is 6.49. The maximum atomic E-state index is 12.0. The van der Waals surface area contributed by atoms with Crippen molar-refractivity contribution < 1.29 is 9.53 Å². The fourth-order valence-electron chi connectivity index (χ4n) is 1.78. The molecule has 0 unspecified atom stereocenters. The van der Waals surface area contributed by atoms with Crippen molar-refractivity contribution in [2.45, 2.75) is 18.9 Å². The third-order valence-corrected chi connectivity index (χ3v) is 3.11. The van der Waals surface area contributed by atoms with E-state index in [2.05, 4.69) is 15.3 Å². The van der Waals surface area contributed by atoms with Crippen LogP contribution in [0.2, 0.25) is 5.15 Å². The average Bonchev–Trinajstić information content (AvgIpc) is 3.21. The van der Waals surface area contributed by atoms with E-state index in [1.807, 2.05) is 0 Å². The number of hydrogen-bond donors (Lipinski definition) is 2. The van der Waals surface area contributed by atoms with Gasteiger partial charge in [0.25, 0.3) is 5.91 Å². The van der Waals surface area contributed by atoms with Crippen LogP contribution in [0.25, 0.3) is 0 Å². The van der Waals surface area contributed by atoms with E-state index < -0.39 is 0 Å². The maximum absolute atomic E-state index is 12.0. The molecule has 1 aliphatic carbocycles. The summed E-state index contributed by atoms with van der Waals surface area (Å²) in [4.78, 5) is 19.6. The molecule has 0 atom stereocenters. The van der Waals surface area contributed by atoms with Crippen molar-refractivity contribution in [3.8, 4) is 11.6 Å².